The first kappa shape index (κ1) is 19.6. The van der Waals surface area contributed by atoms with Crippen LogP contribution in [0.2, 0.25) is 0 Å². The van der Waals surface area contributed by atoms with Crippen molar-refractivity contribution in [2.75, 3.05) is 11.9 Å². The lowest BCUT2D eigenvalue weighted by atomic mass is 9.95. The number of nitrogens with one attached hydrogen (secondary N) is 1. The van der Waals surface area contributed by atoms with E-state index in [1.165, 1.54) is 0 Å². The van der Waals surface area contributed by atoms with Crippen LogP contribution in [0.15, 0.2) is 65.9 Å². The van der Waals surface area contributed by atoms with Gasteiger partial charge >= 0.3 is 5.97 Å². The fourth-order valence-corrected chi connectivity index (χ4v) is 3.41. The first-order valence-corrected chi connectivity index (χ1v) is 9.87. The van der Waals surface area contributed by atoms with E-state index in [0.29, 0.717) is 36.2 Å². The summed E-state index contributed by atoms with van der Waals surface area (Å²) in [5.74, 6) is 0.719. The van der Waals surface area contributed by atoms with Crippen molar-refractivity contribution in [1.82, 2.24) is 20.2 Å². The number of fused-ring (bicyclic) bond motifs is 1. The van der Waals surface area contributed by atoms with Crippen LogP contribution in [-0.2, 0) is 16.1 Å². The molecule has 154 valence electrons. The zero-order chi connectivity index (χ0) is 20.9. The molecule has 1 unspecified atom stereocenters. The highest BCUT2D eigenvalue weighted by Crippen LogP contribution is 2.39. The molecule has 0 bridgehead atoms. The third-order valence-corrected chi connectivity index (χ3v) is 4.82. The lowest BCUT2D eigenvalue weighted by molar-refractivity contribution is -0.139. The Hall–Kier alpha value is -3.68. The van der Waals surface area contributed by atoms with Gasteiger partial charge in [0.05, 0.1) is 12.2 Å². The number of tetrazole rings is 1. The van der Waals surface area contributed by atoms with Crippen LogP contribution >= 0.6 is 0 Å². The summed E-state index contributed by atoms with van der Waals surface area (Å²) in [5.41, 5.74) is 2.95. The summed E-state index contributed by atoms with van der Waals surface area (Å²) in [4.78, 5) is 12.9. The highest BCUT2D eigenvalue weighted by Gasteiger charge is 2.36. The van der Waals surface area contributed by atoms with Crippen LogP contribution in [0.4, 0.5) is 5.95 Å². The predicted octanol–water partition coefficient (Wildman–Crippen LogP) is 3.49. The predicted molar refractivity (Wildman–Crippen MR) is 111 cm³/mol. The van der Waals surface area contributed by atoms with Gasteiger partial charge in [-0.25, -0.2) is 4.79 Å². The third kappa shape index (κ3) is 3.89. The molecule has 1 N–H and O–H groups in total. The molecule has 1 aliphatic heterocycles. The monoisotopic (exact) mass is 405 g/mol. The summed E-state index contributed by atoms with van der Waals surface area (Å²) in [6, 6.07) is 17.0. The van der Waals surface area contributed by atoms with Crippen LogP contribution in [0.1, 0.15) is 37.4 Å². The number of nitrogens with zero attached hydrogens (tertiary/aromatic N) is 4. The highest BCUT2D eigenvalue weighted by molar-refractivity contribution is 5.92. The minimum absolute atomic E-state index is 0.344. The fraction of sp³-hybridized carbons (Fsp3) is 0.273. The molecular formula is C22H23N5O3. The van der Waals surface area contributed by atoms with E-state index in [1.54, 1.807) is 4.68 Å². The molecule has 3 aromatic rings. The van der Waals surface area contributed by atoms with E-state index in [2.05, 4.69) is 20.8 Å². The van der Waals surface area contributed by atoms with Crippen LogP contribution < -0.4 is 10.1 Å². The average Bonchev–Trinajstić information content (AvgIpc) is 3.24. The first-order chi connectivity index (χ1) is 14.7. The number of hydrogen-bond acceptors (Lipinski definition) is 7. The number of para-hydroxylation sites is 1. The second kappa shape index (κ2) is 8.77. The van der Waals surface area contributed by atoms with Crippen LogP contribution in [0.3, 0.4) is 0 Å². The quantitative estimate of drug-likeness (QED) is 0.602. The van der Waals surface area contributed by atoms with Crippen LogP contribution in [0, 0.1) is 0 Å². The maximum atomic E-state index is 12.9. The Bertz CT molecular complexity index is 1060. The molecule has 4 rings (SSSR count). The van der Waals surface area contributed by atoms with Crippen LogP contribution in [-0.4, -0.2) is 32.8 Å². The molecule has 8 nitrogen and oxygen atoms in total. The van der Waals surface area contributed by atoms with Crippen molar-refractivity contribution < 1.29 is 14.3 Å². The van der Waals surface area contributed by atoms with E-state index in [4.69, 9.17) is 9.47 Å². The Morgan fingerprint density at radius 1 is 1.13 bits per heavy atom. The zero-order valence-electron chi connectivity index (χ0n) is 16.9. The largest absolute Gasteiger partial charge is 0.489 e. The van der Waals surface area contributed by atoms with Gasteiger partial charge in [-0.3, -0.25) is 0 Å². The molecule has 0 fully saturated rings. The molecule has 1 aliphatic rings. The van der Waals surface area contributed by atoms with Gasteiger partial charge in [0.25, 0.3) is 0 Å². The van der Waals surface area contributed by atoms with Crippen molar-refractivity contribution in [3.8, 4) is 5.75 Å². The van der Waals surface area contributed by atoms with Gasteiger partial charge in [-0.15, -0.1) is 0 Å². The molecule has 0 aliphatic carbocycles. The number of rotatable bonds is 7. The van der Waals surface area contributed by atoms with Gasteiger partial charge in [-0.05, 0) is 35.4 Å². The SMILES string of the molecule is CCCOC(=O)C1=C(C)Nc2nnnn2C1c1ccccc1OCc1ccccc1. The molecule has 2 aromatic carbocycles. The second-order valence-electron chi connectivity index (χ2n) is 6.96. The molecule has 0 saturated carbocycles. The number of carbonyl (C=O) groups is 1. The smallest absolute Gasteiger partial charge is 0.338 e. The van der Waals surface area contributed by atoms with E-state index in [1.807, 2.05) is 68.4 Å². The first-order valence-electron chi connectivity index (χ1n) is 9.87. The topological polar surface area (TPSA) is 91.2 Å². The van der Waals surface area contributed by atoms with E-state index in [9.17, 15) is 4.79 Å². The number of anilines is 1. The Morgan fingerprint density at radius 3 is 2.70 bits per heavy atom. The number of aromatic nitrogens is 4. The van der Waals surface area contributed by atoms with Gasteiger partial charge < -0.3 is 14.8 Å². The van der Waals surface area contributed by atoms with Gasteiger partial charge in [-0.2, -0.15) is 4.68 Å². The minimum atomic E-state index is -0.562. The van der Waals surface area contributed by atoms with Crippen molar-refractivity contribution in [2.45, 2.75) is 32.9 Å². The minimum Gasteiger partial charge on any atom is -0.489 e. The lowest BCUT2D eigenvalue weighted by Crippen LogP contribution is -2.30. The number of hydrogen-bond donors (Lipinski definition) is 1. The van der Waals surface area contributed by atoms with E-state index in [-0.39, 0.29) is 0 Å². The van der Waals surface area contributed by atoms with Crippen molar-refractivity contribution in [3.05, 3.63) is 77.0 Å². The van der Waals surface area contributed by atoms with E-state index >= 15 is 0 Å². The van der Waals surface area contributed by atoms with Gasteiger partial charge in [0.2, 0.25) is 5.95 Å². The second-order valence-corrected chi connectivity index (χ2v) is 6.96. The number of benzene rings is 2. The standard InChI is InChI=1S/C22H23N5O3/c1-3-13-29-21(28)19-15(2)23-22-24-25-26-27(22)20(19)17-11-7-8-12-18(17)30-14-16-9-5-4-6-10-16/h4-12,20H,3,13-14H2,1-2H3,(H,23,24,26). The summed E-state index contributed by atoms with van der Waals surface area (Å²) in [5, 5.41) is 15.0. The number of allylic oxidation sites excluding steroid dienone is 1. The molecule has 30 heavy (non-hydrogen) atoms. The van der Waals surface area contributed by atoms with Gasteiger partial charge in [-0.1, -0.05) is 60.6 Å². The average molecular weight is 405 g/mol. The molecular weight excluding hydrogens is 382 g/mol. The molecule has 0 radical (unpaired) electrons. The number of ether oxygens (including phenoxy) is 2. The summed E-state index contributed by atoms with van der Waals surface area (Å²) in [6.45, 7) is 4.53. The van der Waals surface area contributed by atoms with Crippen molar-refractivity contribution in [2.24, 2.45) is 0 Å². The Labute approximate surface area is 174 Å². The summed E-state index contributed by atoms with van der Waals surface area (Å²) < 4.78 is 13.2. The Balaban J connectivity index is 1.72. The molecule has 1 atom stereocenters. The molecule has 0 saturated heterocycles. The highest BCUT2D eigenvalue weighted by atomic mass is 16.5. The molecule has 2 heterocycles. The molecule has 0 amide bonds. The van der Waals surface area contributed by atoms with Crippen LogP contribution in [0.5, 0.6) is 5.75 Å². The zero-order valence-corrected chi connectivity index (χ0v) is 16.9. The van der Waals surface area contributed by atoms with Crippen molar-refractivity contribution >= 4 is 11.9 Å². The fourth-order valence-electron chi connectivity index (χ4n) is 3.41. The van der Waals surface area contributed by atoms with E-state index < -0.39 is 12.0 Å². The molecule has 0 spiro atoms. The van der Waals surface area contributed by atoms with Gasteiger partial charge in [0.1, 0.15) is 18.4 Å². The Kier molecular flexibility index (Phi) is 5.74. The summed E-state index contributed by atoms with van der Waals surface area (Å²) in [7, 11) is 0. The van der Waals surface area contributed by atoms with Crippen molar-refractivity contribution in [1.29, 1.82) is 0 Å². The Morgan fingerprint density at radius 2 is 1.90 bits per heavy atom. The molecule has 8 heteroatoms. The number of carbonyl (C=O) groups excluding carboxylic acids is 1. The normalized spacial score (nSPS) is 15.3. The summed E-state index contributed by atoms with van der Waals surface area (Å²) >= 11 is 0. The molecule has 1 aromatic heterocycles. The third-order valence-electron chi connectivity index (χ3n) is 4.82. The van der Waals surface area contributed by atoms with Crippen LogP contribution in [0.25, 0.3) is 0 Å². The number of esters is 1. The van der Waals surface area contributed by atoms with E-state index in [0.717, 1.165) is 17.5 Å². The summed E-state index contributed by atoms with van der Waals surface area (Å²) in [6.07, 6.45) is 0.739. The van der Waals surface area contributed by atoms with Gasteiger partial charge in [0.15, 0.2) is 0 Å². The van der Waals surface area contributed by atoms with Crippen molar-refractivity contribution in [3.63, 3.8) is 0 Å². The maximum absolute atomic E-state index is 12.9. The maximum Gasteiger partial charge on any atom is 0.338 e. The van der Waals surface area contributed by atoms with Gasteiger partial charge in [0, 0.05) is 11.3 Å². The lowest BCUT2D eigenvalue weighted by Gasteiger charge is -2.28.